The zero-order valence-electron chi connectivity index (χ0n) is 9.64. The van der Waals surface area contributed by atoms with Gasteiger partial charge in [-0.25, -0.2) is 0 Å². The van der Waals surface area contributed by atoms with E-state index in [0.29, 0.717) is 12.8 Å². The van der Waals surface area contributed by atoms with Crippen LogP contribution >= 0.6 is 0 Å². The van der Waals surface area contributed by atoms with E-state index in [1.54, 1.807) is 13.8 Å². The Kier molecular flexibility index (Phi) is 6.44. The molecule has 0 unspecified atom stereocenters. The van der Waals surface area contributed by atoms with Crippen molar-refractivity contribution >= 4 is 6.98 Å². The summed E-state index contributed by atoms with van der Waals surface area (Å²) in [5.74, 6) is -1.06. The van der Waals surface area contributed by atoms with E-state index in [0.717, 1.165) is 0 Å². The molecule has 0 heterocycles. The van der Waals surface area contributed by atoms with E-state index >= 15 is 0 Å². The topological polar surface area (TPSA) is 20.2 Å². The van der Waals surface area contributed by atoms with Crippen LogP contribution in [-0.4, -0.2) is 17.7 Å². The van der Waals surface area contributed by atoms with Crippen molar-refractivity contribution < 1.29 is 69.4 Å². The predicted octanol–water partition coefficient (Wildman–Crippen LogP) is 0.169. The molecule has 0 aromatic heterocycles. The maximum absolute atomic E-state index is 12.4. The van der Waals surface area contributed by atoms with Crippen LogP contribution in [0.25, 0.3) is 0 Å². The molecule has 0 aromatic rings. The van der Waals surface area contributed by atoms with E-state index in [1.807, 2.05) is 0 Å². The molecule has 1 saturated carbocycles. The van der Waals surface area contributed by atoms with E-state index in [-0.39, 0.29) is 70.1 Å². The number of hydrogen-bond acceptors (Lipinski definition) is 1. The molecule has 6 heteroatoms. The van der Waals surface area contributed by atoms with Gasteiger partial charge in [0.05, 0.1) is 5.60 Å². The van der Waals surface area contributed by atoms with E-state index in [1.165, 1.54) is 0 Å². The van der Waals surface area contributed by atoms with Crippen LogP contribution < -0.4 is 51.4 Å². The summed E-state index contributed by atoms with van der Waals surface area (Å²) in [6, 6.07) is 0. The minimum absolute atomic E-state index is 0. The minimum Gasteiger partial charge on any atom is -0.449 e. The molecule has 15 heavy (non-hydrogen) atoms. The van der Waals surface area contributed by atoms with Crippen LogP contribution in [0.3, 0.4) is 0 Å². The first-order chi connectivity index (χ1) is 6.21. The fraction of sp³-hybridized carbons (Fsp3) is 1.00. The Hall–Kier alpha value is 1.45. The van der Waals surface area contributed by atoms with Crippen molar-refractivity contribution in [1.82, 2.24) is 0 Å². The molecule has 1 N–H and O–H groups in total. The van der Waals surface area contributed by atoms with Crippen molar-refractivity contribution in [3.8, 4) is 0 Å². The number of aliphatic hydroxyl groups is 1. The molecule has 0 amide bonds. The van der Waals surface area contributed by atoms with Crippen molar-refractivity contribution in [3.63, 3.8) is 0 Å². The average molecular weight is 248 g/mol. The Balaban J connectivity index is 0.00000196. The van der Waals surface area contributed by atoms with Gasteiger partial charge in [-0.15, -0.1) is 0 Å². The van der Waals surface area contributed by atoms with Gasteiger partial charge >= 0.3 is 58.4 Å². The van der Waals surface area contributed by atoms with Gasteiger partial charge < -0.3 is 18.1 Å². The minimum atomic E-state index is -4.67. The average Bonchev–Trinajstić information content (AvgIpc) is 2.01. The summed E-state index contributed by atoms with van der Waals surface area (Å²) in [5, 5.41) is 9.66. The third-order valence-corrected chi connectivity index (χ3v) is 3.31. The van der Waals surface area contributed by atoms with E-state index in [4.69, 9.17) is 0 Å². The summed E-state index contributed by atoms with van der Waals surface area (Å²) in [7, 11) is 0. The van der Waals surface area contributed by atoms with Crippen LogP contribution in [0.1, 0.15) is 39.5 Å². The van der Waals surface area contributed by atoms with Gasteiger partial charge in [0.25, 0.3) is 0 Å². The normalized spacial score (nSPS) is 28.4. The molecule has 0 radical (unpaired) electrons. The third kappa shape index (κ3) is 5.08. The fourth-order valence-electron chi connectivity index (χ4n) is 2.20. The SMILES string of the molecule is CC(C)(O)C1CCC([B-](F)(F)F)CC1.[K+]. The van der Waals surface area contributed by atoms with Gasteiger partial charge in [-0.1, -0.05) is 31.5 Å². The second kappa shape index (κ2) is 5.87. The summed E-state index contributed by atoms with van der Waals surface area (Å²) in [4.78, 5) is 0. The summed E-state index contributed by atoms with van der Waals surface area (Å²) in [6.45, 7) is -1.32. The molecule has 0 aliphatic heterocycles. The van der Waals surface area contributed by atoms with Gasteiger partial charge in [0, 0.05) is 0 Å². The first-order valence-electron chi connectivity index (χ1n) is 5.13. The summed E-state index contributed by atoms with van der Waals surface area (Å²) < 4.78 is 37.1. The number of halogens is 3. The van der Waals surface area contributed by atoms with Crippen molar-refractivity contribution in [3.05, 3.63) is 0 Å². The Labute approximate surface area is 132 Å². The van der Waals surface area contributed by atoms with Gasteiger partial charge in [0.2, 0.25) is 0 Å². The molecule has 84 valence electrons. The maximum Gasteiger partial charge on any atom is 1.00 e. The fourth-order valence-corrected chi connectivity index (χ4v) is 2.20. The molecule has 0 saturated heterocycles. The summed E-state index contributed by atoms with van der Waals surface area (Å²) in [6.07, 6.45) is 1.38. The molecule has 1 rings (SSSR count). The molecule has 0 bridgehead atoms. The van der Waals surface area contributed by atoms with Crippen molar-refractivity contribution in [2.45, 2.75) is 50.9 Å². The second-order valence-electron chi connectivity index (χ2n) is 4.89. The zero-order valence-corrected chi connectivity index (χ0v) is 12.8. The van der Waals surface area contributed by atoms with E-state index in [9.17, 15) is 18.1 Å². The summed E-state index contributed by atoms with van der Waals surface area (Å²) >= 11 is 0. The molecular formula is C9H17BF3KO. The molecule has 1 aliphatic rings. The van der Waals surface area contributed by atoms with Gasteiger partial charge in [-0.05, 0) is 19.8 Å². The molecule has 1 nitrogen and oxygen atoms in total. The van der Waals surface area contributed by atoms with Crippen molar-refractivity contribution in [2.24, 2.45) is 5.92 Å². The molecule has 1 aliphatic carbocycles. The Bertz CT molecular complexity index is 173. The zero-order chi connectivity index (χ0) is 11.0. The van der Waals surface area contributed by atoms with E-state index < -0.39 is 18.4 Å². The van der Waals surface area contributed by atoms with Gasteiger partial charge in [-0.3, -0.25) is 0 Å². The van der Waals surface area contributed by atoms with Gasteiger partial charge in [-0.2, -0.15) is 0 Å². The molecular weight excluding hydrogens is 231 g/mol. The predicted molar refractivity (Wildman–Crippen MR) is 51.1 cm³/mol. The Morgan fingerprint density at radius 3 is 1.73 bits per heavy atom. The molecule has 0 atom stereocenters. The van der Waals surface area contributed by atoms with Crippen molar-refractivity contribution in [2.75, 3.05) is 0 Å². The van der Waals surface area contributed by atoms with Crippen LogP contribution in [0.15, 0.2) is 0 Å². The monoisotopic (exact) mass is 248 g/mol. The van der Waals surface area contributed by atoms with Crippen LogP contribution in [0.2, 0.25) is 5.82 Å². The number of hydrogen-bond donors (Lipinski definition) is 1. The first-order valence-corrected chi connectivity index (χ1v) is 5.13. The molecule has 0 spiro atoms. The van der Waals surface area contributed by atoms with Crippen LogP contribution in [0.4, 0.5) is 12.9 Å². The largest absolute Gasteiger partial charge is 1.00 e. The van der Waals surface area contributed by atoms with Gasteiger partial charge in [0.1, 0.15) is 0 Å². The van der Waals surface area contributed by atoms with Gasteiger partial charge in [0.15, 0.2) is 0 Å². The van der Waals surface area contributed by atoms with Crippen molar-refractivity contribution in [1.29, 1.82) is 0 Å². The molecule has 0 aromatic carbocycles. The van der Waals surface area contributed by atoms with Crippen LogP contribution in [0.5, 0.6) is 0 Å². The third-order valence-electron chi connectivity index (χ3n) is 3.31. The molecule has 1 fully saturated rings. The van der Waals surface area contributed by atoms with Crippen LogP contribution in [-0.2, 0) is 0 Å². The van der Waals surface area contributed by atoms with E-state index in [2.05, 4.69) is 0 Å². The number of rotatable bonds is 2. The standard InChI is InChI=1S/C9H17BF3O.K/c1-9(2,14)7-3-5-8(6-4-7)10(11,12)13;/h7-8,14H,3-6H2,1-2H3;/q-1;+1. The van der Waals surface area contributed by atoms with Crippen LogP contribution in [0, 0.1) is 5.92 Å². The Morgan fingerprint density at radius 2 is 1.47 bits per heavy atom. The maximum atomic E-state index is 12.4. The Morgan fingerprint density at radius 1 is 1.07 bits per heavy atom. The second-order valence-corrected chi connectivity index (χ2v) is 4.89. The quantitative estimate of drug-likeness (QED) is 0.691. The smallest absolute Gasteiger partial charge is 0.449 e. The first kappa shape index (κ1) is 16.5. The summed E-state index contributed by atoms with van der Waals surface area (Å²) in [5.41, 5.74) is -0.830.